The van der Waals surface area contributed by atoms with Gasteiger partial charge in [0, 0.05) is 51.7 Å². The summed E-state index contributed by atoms with van der Waals surface area (Å²) in [6.45, 7) is 4.19. The van der Waals surface area contributed by atoms with E-state index >= 15 is 0 Å². The van der Waals surface area contributed by atoms with Gasteiger partial charge in [0.1, 0.15) is 0 Å². The molecule has 2 aromatic rings. The fourth-order valence-corrected chi connectivity index (χ4v) is 3.09. The molecule has 0 aliphatic rings. The van der Waals surface area contributed by atoms with Crippen molar-refractivity contribution in [2.45, 2.75) is 19.9 Å². The molecule has 1 amide bonds. The van der Waals surface area contributed by atoms with Gasteiger partial charge in [-0.25, -0.2) is 0 Å². The van der Waals surface area contributed by atoms with E-state index in [1.807, 2.05) is 55.2 Å². The summed E-state index contributed by atoms with van der Waals surface area (Å²) in [4.78, 5) is 18.6. The fraction of sp³-hybridized carbons (Fsp3) is 0.400. The number of hydrogen-bond donors (Lipinski definition) is 2. The molecule has 0 aliphatic heterocycles. The first-order valence-electron chi connectivity index (χ1n) is 9.05. The van der Waals surface area contributed by atoms with Crippen LogP contribution in [-0.4, -0.2) is 48.5 Å². The second kappa shape index (κ2) is 10.0. The van der Waals surface area contributed by atoms with Gasteiger partial charge in [0.25, 0.3) is 5.91 Å². The molecule has 1 aromatic carbocycles. The Morgan fingerprint density at radius 1 is 1.33 bits per heavy atom. The van der Waals surface area contributed by atoms with Crippen molar-refractivity contribution in [1.29, 1.82) is 0 Å². The number of halogens is 1. The molecule has 0 atom stereocenters. The molecule has 7 heteroatoms. The van der Waals surface area contributed by atoms with Crippen LogP contribution in [0.25, 0.3) is 0 Å². The molecular weight excluding hydrogens is 362 g/mol. The van der Waals surface area contributed by atoms with Crippen LogP contribution in [0.2, 0.25) is 5.02 Å². The van der Waals surface area contributed by atoms with Crippen LogP contribution in [0.5, 0.6) is 0 Å². The molecule has 1 aromatic heterocycles. The summed E-state index contributed by atoms with van der Waals surface area (Å²) in [5.74, 6) is 0.770. The molecule has 27 heavy (non-hydrogen) atoms. The van der Waals surface area contributed by atoms with Crippen LogP contribution in [0.4, 0.5) is 0 Å². The van der Waals surface area contributed by atoms with E-state index in [0.29, 0.717) is 18.7 Å². The summed E-state index contributed by atoms with van der Waals surface area (Å²) in [7, 11) is 5.63. The van der Waals surface area contributed by atoms with Crippen LogP contribution in [0.1, 0.15) is 28.5 Å². The van der Waals surface area contributed by atoms with E-state index in [4.69, 9.17) is 16.6 Å². The number of carbonyl (C=O) groups is 1. The summed E-state index contributed by atoms with van der Waals surface area (Å²) in [5.41, 5.74) is 2.88. The van der Waals surface area contributed by atoms with Gasteiger partial charge in [-0.2, -0.15) is 0 Å². The van der Waals surface area contributed by atoms with Crippen molar-refractivity contribution >= 4 is 23.5 Å². The van der Waals surface area contributed by atoms with E-state index in [-0.39, 0.29) is 5.91 Å². The molecule has 0 saturated carbocycles. The highest BCUT2D eigenvalue weighted by molar-refractivity contribution is 6.30. The molecule has 6 nitrogen and oxygen atoms in total. The highest BCUT2D eigenvalue weighted by Gasteiger charge is 2.10. The monoisotopic (exact) mass is 389 g/mol. The standard InChI is InChI=1S/C20H28ClN5O/c1-5-23-20(26(4)14-18-12-17(21)13-25(18)3)24-10-9-15-7-6-8-16(11-15)19(27)22-2/h6-8,11-13H,5,9-10,14H2,1-4H3,(H,22,27)(H,23,24). The molecule has 146 valence electrons. The van der Waals surface area contributed by atoms with Gasteiger partial charge >= 0.3 is 0 Å². The van der Waals surface area contributed by atoms with Crippen LogP contribution in [0, 0.1) is 0 Å². The van der Waals surface area contributed by atoms with E-state index in [1.165, 1.54) is 0 Å². The quantitative estimate of drug-likeness (QED) is 0.565. The number of nitrogens with one attached hydrogen (secondary N) is 2. The number of nitrogens with zero attached hydrogens (tertiary/aromatic N) is 3. The number of hydrogen-bond acceptors (Lipinski definition) is 2. The van der Waals surface area contributed by atoms with Crippen LogP contribution in [0.3, 0.4) is 0 Å². The van der Waals surface area contributed by atoms with Gasteiger partial charge in [-0.15, -0.1) is 0 Å². The van der Waals surface area contributed by atoms with Gasteiger partial charge < -0.3 is 20.1 Å². The van der Waals surface area contributed by atoms with E-state index in [9.17, 15) is 4.79 Å². The zero-order chi connectivity index (χ0) is 19.8. The molecule has 0 unspecified atom stereocenters. The molecule has 2 rings (SSSR count). The van der Waals surface area contributed by atoms with Crippen molar-refractivity contribution in [3.05, 3.63) is 58.4 Å². The molecular formula is C20H28ClN5O. The van der Waals surface area contributed by atoms with Crippen LogP contribution >= 0.6 is 11.6 Å². The fourth-order valence-electron chi connectivity index (χ4n) is 2.81. The molecule has 0 fully saturated rings. The lowest BCUT2D eigenvalue weighted by Crippen LogP contribution is -2.39. The van der Waals surface area contributed by atoms with Crippen molar-refractivity contribution in [3.63, 3.8) is 0 Å². The predicted octanol–water partition coefficient (Wildman–Crippen LogP) is 2.68. The maximum absolute atomic E-state index is 11.8. The predicted molar refractivity (Wildman–Crippen MR) is 111 cm³/mol. The van der Waals surface area contributed by atoms with Crippen LogP contribution in [0.15, 0.2) is 41.5 Å². The van der Waals surface area contributed by atoms with Crippen molar-refractivity contribution in [3.8, 4) is 0 Å². The summed E-state index contributed by atoms with van der Waals surface area (Å²) in [5, 5.41) is 6.71. The van der Waals surface area contributed by atoms with Crippen LogP contribution in [-0.2, 0) is 20.0 Å². The average molecular weight is 390 g/mol. The largest absolute Gasteiger partial charge is 0.357 e. The number of aryl methyl sites for hydroxylation is 1. The van der Waals surface area contributed by atoms with Crippen LogP contribution < -0.4 is 10.6 Å². The number of amides is 1. The van der Waals surface area contributed by atoms with Gasteiger partial charge in [-0.3, -0.25) is 9.79 Å². The Bertz CT molecular complexity index is 799. The lowest BCUT2D eigenvalue weighted by Gasteiger charge is -2.22. The summed E-state index contributed by atoms with van der Waals surface area (Å²) in [6, 6.07) is 9.61. The maximum Gasteiger partial charge on any atom is 0.251 e. The Balaban J connectivity index is 2.02. The van der Waals surface area contributed by atoms with Crippen molar-refractivity contribution in [1.82, 2.24) is 20.1 Å². The number of aliphatic imine (C=N–C) groups is 1. The summed E-state index contributed by atoms with van der Waals surface area (Å²) in [6.07, 6.45) is 2.66. The second-order valence-corrected chi connectivity index (χ2v) is 6.82. The van der Waals surface area contributed by atoms with Gasteiger partial charge in [0.15, 0.2) is 5.96 Å². The third-order valence-corrected chi connectivity index (χ3v) is 4.46. The van der Waals surface area contributed by atoms with E-state index in [2.05, 4.69) is 22.5 Å². The minimum atomic E-state index is -0.0744. The Labute approximate surface area is 166 Å². The molecule has 0 aliphatic carbocycles. The maximum atomic E-state index is 11.8. The van der Waals surface area contributed by atoms with Crippen molar-refractivity contribution < 1.29 is 4.79 Å². The Kier molecular flexibility index (Phi) is 7.73. The van der Waals surface area contributed by atoms with E-state index in [1.54, 1.807) is 7.05 Å². The SMILES string of the molecule is CCNC(=NCCc1cccc(C(=O)NC)c1)N(C)Cc1cc(Cl)cn1C. The van der Waals surface area contributed by atoms with Gasteiger partial charge in [0.05, 0.1) is 11.6 Å². The number of guanidine groups is 1. The average Bonchev–Trinajstić information content (AvgIpc) is 2.97. The van der Waals surface area contributed by atoms with Gasteiger partial charge in [0.2, 0.25) is 0 Å². The minimum Gasteiger partial charge on any atom is -0.357 e. The number of carbonyl (C=O) groups excluding carboxylic acids is 1. The molecule has 1 heterocycles. The molecule has 2 N–H and O–H groups in total. The summed E-state index contributed by atoms with van der Waals surface area (Å²) >= 11 is 6.07. The number of rotatable bonds is 7. The normalized spacial score (nSPS) is 11.4. The first-order chi connectivity index (χ1) is 12.9. The Morgan fingerprint density at radius 3 is 2.74 bits per heavy atom. The molecule has 0 spiro atoms. The van der Waals surface area contributed by atoms with E-state index in [0.717, 1.165) is 35.2 Å². The smallest absolute Gasteiger partial charge is 0.251 e. The zero-order valence-electron chi connectivity index (χ0n) is 16.4. The van der Waals surface area contributed by atoms with E-state index < -0.39 is 0 Å². The zero-order valence-corrected chi connectivity index (χ0v) is 17.2. The molecule has 0 bridgehead atoms. The minimum absolute atomic E-state index is 0.0744. The lowest BCUT2D eigenvalue weighted by molar-refractivity contribution is 0.0963. The number of aromatic nitrogens is 1. The highest BCUT2D eigenvalue weighted by Crippen LogP contribution is 2.14. The third-order valence-electron chi connectivity index (χ3n) is 4.25. The topological polar surface area (TPSA) is 61.7 Å². The Morgan fingerprint density at radius 2 is 2.11 bits per heavy atom. The third kappa shape index (κ3) is 6.03. The molecule has 0 radical (unpaired) electrons. The lowest BCUT2D eigenvalue weighted by atomic mass is 10.1. The van der Waals surface area contributed by atoms with Crippen molar-refractivity contribution in [2.75, 3.05) is 27.2 Å². The summed E-state index contributed by atoms with van der Waals surface area (Å²) < 4.78 is 2.02. The Hall–Kier alpha value is -2.47. The second-order valence-electron chi connectivity index (χ2n) is 6.38. The van der Waals surface area contributed by atoms with Gasteiger partial charge in [-0.1, -0.05) is 23.7 Å². The first-order valence-corrected chi connectivity index (χ1v) is 9.43. The number of benzene rings is 1. The highest BCUT2D eigenvalue weighted by atomic mass is 35.5. The van der Waals surface area contributed by atoms with Crippen molar-refractivity contribution in [2.24, 2.45) is 12.0 Å². The molecule has 0 saturated heterocycles. The van der Waals surface area contributed by atoms with Gasteiger partial charge in [-0.05, 0) is 37.1 Å². The first kappa shape index (κ1) is 20.8.